The first kappa shape index (κ1) is 23.7. The minimum absolute atomic E-state index is 0.0815. The molecule has 2 N–H and O–H groups in total. The third-order valence-electron chi connectivity index (χ3n) is 5.15. The van der Waals surface area contributed by atoms with E-state index in [1.807, 2.05) is 30.3 Å². The average Bonchev–Trinajstić information content (AvgIpc) is 3.32. The van der Waals surface area contributed by atoms with Crippen LogP contribution in [0.4, 0.5) is 9.18 Å². The van der Waals surface area contributed by atoms with Gasteiger partial charge in [0.2, 0.25) is 5.91 Å². The summed E-state index contributed by atoms with van der Waals surface area (Å²) in [6.07, 6.45) is -0.527. The van der Waals surface area contributed by atoms with Crippen molar-refractivity contribution in [2.45, 2.75) is 56.7 Å². The zero-order chi connectivity index (χ0) is 23.5. The molecule has 172 valence electrons. The number of carbonyl (C=O) groups is 3. The smallest absolute Gasteiger partial charge is 0.408 e. The highest BCUT2D eigenvalue weighted by molar-refractivity contribution is 7.09. The van der Waals surface area contributed by atoms with E-state index >= 15 is 0 Å². The van der Waals surface area contributed by atoms with Gasteiger partial charge >= 0.3 is 12.1 Å². The highest BCUT2D eigenvalue weighted by atomic mass is 32.1. The van der Waals surface area contributed by atoms with Gasteiger partial charge in [-0.25, -0.2) is 14.0 Å². The van der Waals surface area contributed by atoms with Gasteiger partial charge in [0.15, 0.2) is 0 Å². The molecular weight excluding hydrogens is 435 g/mol. The van der Waals surface area contributed by atoms with Crippen molar-refractivity contribution in [2.24, 2.45) is 0 Å². The number of alkyl carbamates (subject to hydrolysis) is 1. The third kappa shape index (κ3) is 5.45. The Morgan fingerprint density at radius 3 is 2.47 bits per heavy atom. The molecule has 0 bridgehead atoms. The Labute approximate surface area is 190 Å². The molecule has 3 atom stereocenters. The summed E-state index contributed by atoms with van der Waals surface area (Å²) in [6.45, 7) is 5.09. The van der Waals surface area contributed by atoms with E-state index in [-0.39, 0.29) is 12.3 Å². The zero-order valence-electron chi connectivity index (χ0n) is 18.4. The van der Waals surface area contributed by atoms with Gasteiger partial charge in [0, 0.05) is 17.2 Å². The summed E-state index contributed by atoms with van der Waals surface area (Å²) in [5, 5.41) is 6.85. The normalized spacial score (nSPS) is 20.7. The van der Waals surface area contributed by atoms with Crippen molar-refractivity contribution < 1.29 is 28.2 Å². The lowest BCUT2D eigenvalue weighted by Crippen LogP contribution is -2.55. The van der Waals surface area contributed by atoms with Crippen molar-refractivity contribution in [3.8, 4) is 0 Å². The summed E-state index contributed by atoms with van der Waals surface area (Å²) >= 11 is 1.14. The summed E-state index contributed by atoms with van der Waals surface area (Å²) in [5.41, 5.74) is -1.13. The van der Waals surface area contributed by atoms with Crippen molar-refractivity contribution in [2.75, 3.05) is 7.11 Å². The molecule has 0 saturated heterocycles. The Bertz CT molecular complexity index is 988. The largest absolute Gasteiger partial charge is 0.467 e. The van der Waals surface area contributed by atoms with Crippen LogP contribution in [-0.2, 0) is 25.5 Å². The summed E-state index contributed by atoms with van der Waals surface area (Å²) in [6, 6.07) is 9.47. The Hall–Kier alpha value is -2.94. The van der Waals surface area contributed by atoms with Crippen LogP contribution in [0.2, 0.25) is 0 Å². The topological polar surface area (TPSA) is 93.7 Å². The van der Waals surface area contributed by atoms with Crippen LogP contribution < -0.4 is 10.6 Å². The maximum Gasteiger partial charge on any atom is 0.408 e. The molecule has 2 amide bonds. The number of thiophene rings is 1. The molecule has 0 radical (unpaired) electrons. The first-order valence-corrected chi connectivity index (χ1v) is 11.1. The molecule has 3 rings (SSSR count). The van der Waals surface area contributed by atoms with Crippen molar-refractivity contribution in [3.05, 3.63) is 58.0 Å². The van der Waals surface area contributed by atoms with Crippen LogP contribution in [0.3, 0.4) is 0 Å². The fraction of sp³-hybridized carbons (Fsp3) is 0.435. The maximum absolute atomic E-state index is 14.1. The lowest BCUT2D eigenvalue weighted by atomic mass is 10.0. The van der Waals surface area contributed by atoms with Gasteiger partial charge in [0.25, 0.3) is 0 Å². The first-order chi connectivity index (χ1) is 15.1. The number of rotatable bonds is 7. The number of nitrogens with one attached hydrogen (secondary N) is 2. The molecule has 1 fully saturated rings. The fourth-order valence-corrected chi connectivity index (χ4v) is 4.37. The Kier molecular flexibility index (Phi) is 6.88. The van der Waals surface area contributed by atoms with Crippen LogP contribution in [0.1, 0.15) is 43.6 Å². The molecular formula is C23H27FN2O5S. The van der Waals surface area contributed by atoms with Gasteiger partial charge in [-0.2, -0.15) is 0 Å². The van der Waals surface area contributed by atoms with Gasteiger partial charge < -0.3 is 20.1 Å². The van der Waals surface area contributed by atoms with E-state index < -0.39 is 41.0 Å². The molecule has 1 heterocycles. The number of carbonyl (C=O) groups excluding carboxylic acids is 3. The highest BCUT2D eigenvalue weighted by Gasteiger charge is 2.63. The first-order valence-electron chi connectivity index (χ1n) is 10.2. The Morgan fingerprint density at radius 1 is 1.22 bits per heavy atom. The molecule has 32 heavy (non-hydrogen) atoms. The number of hydrogen-bond acceptors (Lipinski definition) is 6. The van der Waals surface area contributed by atoms with E-state index in [2.05, 4.69) is 10.6 Å². The van der Waals surface area contributed by atoms with Gasteiger partial charge in [-0.05, 0) is 44.2 Å². The number of benzene rings is 1. The van der Waals surface area contributed by atoms with Crippen LogP contribution in [-0.4, -0.2) is 42.3 Å². The standard InChI is InChI=1S/C23H27FN2O5S/c1-22(2,3)31-21(29)25-17(12-18-16(24)10-11-32-18)19(27)26-23(20(28)30-4)13-15(23)14-8-6-5-7-9-14/h5-11,15,17H,12-13H2,1-4H3,(H,25,29)(H,26,27)/t15?,17?,23-/m1/s1. The number of methoxy groups -OCH3 is 1. The predicted octanol–water partition coefficient (Wildman–Crippen LogP) is 3.54. The third-order valence-corrected chi connectivity index (χ3v) is 6.07. The van der Waals surface area contributed by atoms with Crippen molar-refractivity contribution in [3.63, 3.8) is 0 Å². The second kappa shape index (κ2) is 9.28. The maximum atomic E-state index is 14.1. The Morgan fingerprint density at radius 2 is 1.91 bits per heavy atom. The summed E-state index contributed by atoms with van der Waals surface area (Å²) in [4.78, 5) is 38.5. The molecule has 1 aliphatic carbocycles. The van der Waals surface area contributed by atoms with Gasteiger partial charge in [-0.3, -0.25) is 4.79 Å². The lowest BCUT2D eigenvalue weighted by molar-refractivity contribution is -0.146. The van der Waals surface area contributed by atoms with Crippen LogP contribution in [0.5, 0.6) is 0 Å². The van der Waals surface area contributed by atoms with Crippen LogP contribution >= 0.6 is 11.3 Å². The zero-order valence-corrected chi connectivity index (χ0v) is 19.3. The van der Waals surface area contributed by atoms with Crippen molar-refractivity contribution in [1.82, 2.24) is 10.6 Å². The molecule has 1 aromatic carbocycles. The quantitative estimate of drug-likeness (QED) is 0.614. The van der Waals surface area contributed by atoms with Gasteiger partial charge in [-0.15, -0.1) is 11.3 Å². The van der Waals surface area contributed by atoms with Crippen molar-refractivity contribution in [1.29, 1.82) is 0 Å². The Balaban J connectivity index is 1.81. The van der Waals surface area contributed by atoms with E-state index in [1.54, 1.807) is 26.2 Å². The molecule has 7 nitrogen and oxygen atoms in total. The summed E-state index contributed by atoms with van der Waals surface area (Å²) in [5.74, 6) is -1.92. The molecule has 1 aromatic heterocycles. The lowest BCUT2D eigenvalue weighted by Gasteiger charge is -2.25. The minimum Gasteiger partial charge on any atom is -0.467 e. The van der Waals surface area contributed by atoms with E-state index in [0.29, 0.717) is 11.3 Å². The predicted molar refractivity (Wildman–Crippen MR) is 118 cm³/mol. The van der Waals surface area contributed by atoms with Crippen molar-refractivity contribution >= 4 is 29.3 Å². The second-order valence-electron chi connectivity index (χ2n) is 8.71. The molecule has 0 aliphatic heterocycles. The molecule has 2 unspecified atom stereocenters. The van der Waals surface area contributed by atoms with E-state index in [0.717, 1.165) is 16.9 Å². The molecule has 0 spiro atoms. The van der Waals surface area contributed by atoms with Gasteiger partial charge in [0.1, 0.15) is 23.0 Å². The molecule has 1 saturated carbocycles. The van der Waals surface area contributed by atoms with Crippen LogP contribution in [0.25, 0.3) is 0 Å². The van der Waals surface area contributed by atoms with Crippen LogP contribution in [0.15, 0.2) is 41.8 Å². The molecule has 2 aromatic rings. The fourth-order valence-electron chi connectivity index (χ4n) is 3.57. The number of esters is 1. The number of hydrogen-bond donors (Lipinski definition) is 2. The highest BCUT2D eigenvalue weighted by Crippen LogP contribution is 2.52. The second-order valence-corrected chi connectivity index (χ2v) is 9.71. The molecule has 9 heteroatoms. The van der Waals surface area contributed by atoms with Crippen LogP contribution in [0, 0.1) is 5.82 Å². The van der Waals surface area contributed by atoms with E-state index in [1.165, 1.54) is 13.2 Å². The van der Waals surface area contributed by atoms with E-state index in [9.17, 15) is 18.8 Å². The monoisotopic (exact) mass is 462 g/mol. The minimum atomic E-state index is -1.24. The number of halogens is 1. The SMILES string of the molecule is COC(=O)[C@@]1(NC(=O)C(Cc2sccc2F)NC(=O)OC(C)(C)C)CC1c1ccccc1. The summed E-state index contributed by atoms with van der Waals surface area (Å²) < 4.78 is 24.3. The number of amides is 2. The number of ether oxygens (including phenoxy) is 2. The summed E-state index contributed by atoms with van der Waals surface area (Å²) in [7, 11) is 1.26. The van der Waals surface area contributed by atoms with Gasteiger partial charge in [-0.1, -0.05) is 30.3 Å². The average molecular weight is 463 g/mol. The van der Waals surface area contributed by atoms with Gasteiger partial charge in [0.05, 0.1) is 7.11 Å². The van der Waals surface area contributed by atoms with E-state index in [4.69, 9.17) is 9.47 Å². The molecule has 1 aliphatic rings.